The van der Waals surface area contributed by atoms with Crippen LogP contribution in [0.5, 0.6) is 0 Å². The number of aryl methyl sites for hydroxylation is 3. The largest absolute Gasteiger partial charge is 0.469 e. The van der Waals surface area contributed by atoms with Gasteiger partial charge in [0, 0.05) is 10.9 Å². The third-order valence-electron chi connectivity index (χ3n) is 3.50. The zero-order chi connectivity index (χ0) is 15.7. The second kappa shape index (κ2) is 5.77. The van der Waals surface area contributed by atoms with Crippen LogP contribution >= 0.6 is 11.3 Å². The molecule has 0 aliphatic heterocycles. The molecule has 0 radical (unpaired) electrons. The van der Waals surface area contributed by atoms with Gasteiger partial charge in [0.2, 0.25) is 0 Å². The molecule has 0 spiro atoms. The van der Waals surface area contributed by atoms with E-state index in [1.54, 1.807) is 13.0 Å². The molecule has 1 aromatic carbocycles. The molecule has 0 unspecified atom stereocenters. The van der Waals surface area contributed by atoms with E-state index < -0.39 is 0 Å². The minimum Gasteiger partial charge on any atom is -0.469 e. The van der Waals surface area contributed by atoms with E-state index in [0.717, 1.165) is 11.3 Å². The zero-order valence-electron chi connectivity index (χ0n) is 12.6. The van der Waals surface area contributed by atoms with Gasteiger partial charge >= 0.3 is 0 Å². The van der Waals surface area contributed by atoms with E-state index in [9.17, 15) is 4.79 Å². The number of nitrogens with zero attached hydrogens (tertiary/aromatic N) is 1. The highest BCUT2D eigenvalue weighted by molar-refractivity contribution is 7.14. The highest BCUT2D eigenvalue weighted by Gasteiger charge is 2.14. The lowest BCUT2D eigenvalue weighted by molar-refractivity contribution is 0.102. The van der Waals surface area contributed by atoms with Crippen LogP contribution in [0.15, 0.2) is 40.3 Å². The first-order valence-electron chi connectivity index (χ1n) is 6.93. The number of hydrogen-bond acceptors (Lipinski definition) is 4. The van der Waals surface area contributed by atoms with E-state index in [2.05, 4.69) is 42.3 Å². The summed E-state index contributed by atoms with van der Waals surface area (Å²) in [7, 11) is 0. The van der Waals surface area contributed by atoms with Gasteiger partial charge in [-0.2, -0.15) is 0 Å². The van der Waals surface area contributed by atoms with Crippen LogP contribution in [0.2, 0.25) is 0 Å². The number of rotatable bonds is 3. The van der Waals surface area contributed by atoms with Crippen molar-refractivity contribution in [3.05, 3.63) is 58.4 Å². The van der Waals surface area contributed by atoms with Crippen molar-refractivity contribution >= 4 is 22.4 Å². The quantitative estimate of drug-likeness (QED) is 0.770. The predicted molar refractivity (Wildman–Crippen MR) is 88.4 cm³/mol. The van der Waals surface area contributed by atoms with Crippen LogP contribution in [0.1, 0.15) is 27.2 Å². The summed E-state index contributed by atoms with van der Waals surface area (Å²) in [5.74, 6) is 0.400. The number of amides is 1. The van der Waals surface area contributed by atoms with Crippen LogP contribution in [0.4, 0.5) is 5.13 Å². The van der Waals surface area contributed by atoms with Gasteiger partial charge in [-0.3, -0.25) is 10.1 Å². The van der Waals surface area contributed by atoms with Gasteiger partial charge in [-0.25, -0.2) is 4.98 Å². The number of thiazole rings is 1. The summed E-state index contributed by atoms with van der Waals surface area (Å²) in [5.41, 5.74) is 4.86. The van der Waals surface area contributed by atoms with Gasteiger partial charge in [-0.1, -0.05) is 17.7 Å². The third kappa shape index (κ3) is 2.80. The molecule has 0 aliphatic carbocycles. The normalized spacial score (nSPS) is 10.7. The molecule has 1 amide bonds. The number of carbonyl (C=O) groups is 1. The van der Waals surface area contributed by atoms with Crippen molar-refractivity contribution in [1.29, 1.82) is 0 Å². The Labute approximate surface area is 132 Å². The molecule has 0 fully saturated rings. The molecule has 0 aliphatic rings. The number of carbonyl (C=O) groups excluding carboxylic acids is 1. The fraction of sp³-hybridized carbons (Fsp3) is 0.176. The number of benzene rings is 1. The molecule has 5 heteroatoms. The Bertz CT molecular complexity index is 833. The first-order chi connectivity index (χ1) is 10.5. The number of furan rings is 1. The van der Waals surface area contributed by atoms with Crippen LogP contribution in [0, 0.1) is 20.8 Å². The molecule has 2 heterocycles. The molecule has 0 atom stereocenters. The van der Waals surface area contributed by atoms with Crippen molar-refractivity contribution in [2.45, 2.75) is 20.8 Å². The molecular formula is C17H16N2O2S. The molecule has 3 aromatic rings. The maximum Gasteiger partial charge on any atom is 0.260 e. The zero-order valence-corrected chi connectivity index (χ0v) is 13.5. The van der Waals surface area contributed by atoms with Crippen molar-refractivity contribution in [2.75, 3.05) is 5.32 Å². The fourth-order valence-electron chi connectivity index (χ4n) is 2.25. The lowest BCUT2D eigenvalue weighted by Crippen LogP contribution is -2.11. The number of hydrogen-bond donors (Lipinski definition) is 1. The van der Waals surface area contributed by atoms with Crippen molar-refractivity contribution in [3.63, 3.8) is 0 Å². The van der Waals surface area contributed by atoms with Crippen molar-refractivity contribution < 1.29 is 9.21 Å². The van der Waals surface area contributed by atoms with Crippen molar-refractivity contribution in [3.8, 4) is 11.3 Å². The Balaban J connectivity index is 1.84. The van der Waals surface area contributed by atoms with E-state index in [-0.39, 0.29) is 5.91 Å². The lowest BCUT2D eigenvalue weighted by atomic mass is 10.0. The number of aromatic nitrogens is 1. The summed E-state index contributed by atoms with van der Waals surface area (Å²) < 4.78 is 5.15. The molecule has 0 saturated heterocycles. The first-order valence-corrected chi connectivity index (χ1v) is 7.81. The second-order valence-electron chi connectivity index (χ2n) is 5.20. The van der Waals surface area contributed by atoms with Crippen molar-refractivity contribution in [1.82, 2.24) is 4.98 Å². The summed E-state index contributed by atoms with van der Waals surface area (Å²) in [5, 5.41) is 5.36. The molecule has 0 saturated carbocycles. The van der Waals surface area contributed by atoms with E-state index in [1.807, 2.05) is 5.38 Å². The van der Waals surface area contributed by atoms with Gasteiger partial charge in [0.1, 0.15) is 5.76 Å². The summed E-state index contributed by atoms with van der Waals surface area (Å²) in [6, 6.07) is 7.92. The average molecular weight is 312 g/mol. The van der Waals surface area contributed by atoms with Gasteiger partial charge in [-0.05, 0) is 38.5 Å². The third-order valence-corrected chi connectivity index (χ3v) is 4.25. The summed E-state index contributed by atoms with van der Waals surface area (Å²) in [6.45, 7) is 5.87. The fourth-order valence-corrected chi connectivity index (χ4v) is 2.96. The average Bonchev–Trinajstić information content (AvgIpc) is 3.10. The summed E-state index contributed by atoms with van der Waals surface area (Å²) in [4.78, 5) is 16.7. The number of nitrogens with one attached hydrogen (secondary N) is 1. The molecule has 3 rings (SSSR count). The highest BCUT2D eigenvalue weighted by Crippen LogP contribution is 2.28. The van der Waals surface area contributed by atoms with Crippen LogP contribution in [-0.2, 0) is 0 Å². The van der Waals surface area contributed by atoms with E-state index >= 15 is 0 Å². The highest BCUT2D eigenvalue weighted by atomic mass is 32.1. The Morgan fingerprint density at radius 3 is 2.77 bits per heavy atom. The van der Waals surface area contributed by atoms with Gasteiger partial charge in [0.05, 0.1) is 17.5 Å². The van der Waals surface area contributed by atoms with Crippen molar-refractivity contribution in [2.24, 2.45) is 0 Å². The molecule has 0 bridgehead atoms. The van der Waals surface area contributed by atoms with Crippen LogP contribution in [0.25, 0.3) is 11.3 Å². The maximum atomic E-state index is 12.2. The minimum atomic E-state index is -0.201. The van der Waals surface area contributed by atoms with E-state index in [4.69, 9.17) is 4.42 Å². The van der Waals surface area contributed by atoms with Gasteiger partial charge in [0.25, 0.3) is 5.91 Å². The molecule has 22 heavy (non-hydrogen) atoms. The second-order valence-corrected chi connectivity index (χ2v) is 6.06. The Kier molecular flexibility index (Phi) is 3.81. The topological polar surface area (TPSA) is 55.1 Å². The summed E-state index contributed by atoms with van der Waals surface area (Å²) >= 11 is 1.42. The first kappa shape index (κ1) is 14.5. The summed E-state index contributed by atoms with van der Waals surface area (Å²) in [6.07, 6.45) is 1.51. The van der Waals surface area contributed by atoms with Crippen LogP contribution in [-0.4, -0.2) is 10.9 Å². The molecule has 2 aromatic heterocycles. The van der Waals surface area contributed by atoms with Crippen LogP contribution < -0.4 is 5.32 Å². The lowest BCUT2D eigenvalue weighted by Gasteiger charge is -2.04. The molecule has 1 N–H and O–H groups in total. The Morgan fingerprint density at radius 2 is 2.05 bits per heavy atom. The number of anilines is 1. The molecule has 4 nitrogen and oxygen atoms in total. The minimum absolute atomic E-state index is 0.201. The van der Waals surface area contributed by atoms with E-state index in [1.165, 1.54) is 28.7 Å². The molecular weight excluding hydrogens is 296 g/mol. The SMILES string of the molecule is Cc1ccc(C)c(-c2csc(NC(=O)c3ccoc3C)n2)c1. The molecule has 112 valence electrons. The Morgan fingerprint density at radius 1 is 1.23 bits per heavy atom. The smallest absolute Gasteiger partial charge is 0.260 e. The van der Waals surface area contributed by atoms with Gasteiger partial charge in [-0.15, -0.1) is 11.3 Å². The van der Waals surface area contributed by atoms with Crippen LogP contribution in [0.3, 0.4) is 0 Å². The predicted octanol–water partition coefficient (Wildman–Crippen LogP) is 4.58. The Hall–Kier alpha value is -2.40. The van der Waals surface area contributed by atoms with E-state index in [0.29, 0.717) is 16.5 Å². The van der Waals surface area contributed by atoms with Gasteiger partial charge < -0.3 is 4.42 Å². The maximum absolute atomic E-state index is 12.2. The van der Waals surface area contributed by atoms with Gasteiger partial charge in [0.15, 0.2) is 5.13 Å². The monoisotopic (exact) mass is 312 g/mol. The standard InChI is InChI=1S/C17H16N2O2S/c1-10-4-5-11(2)14(8-10)15-9-22-17(18-15)19-16(20)13-6-7-21-12(13)3/h4-9H,1-3H3,(H,18,19,20).